The van der Waals surface area contributed by atoms with E-state index in [1.807, 2.05) is 0 Å². The molecule has 0 amide bonds. The first-order chi connectivity index (χ1) is 10.3. The van der Waals surface area contributed by atoms with E-state index in [-0.39, 0.29) is 0 Å². The molecule has 1 aromatic heterocycles. The smallest absolute Gasteiger partial charge is 0.227 e. The van der Waals surface area contributed by atoms with Gasteiger partial charge in [0.25, 0.3) is 0 Å². The zero-order valence-corrected chi connectivity index (χ0v) is 12.9. The molecule has 3 rings (SSSR count). The first-order valence-electron chi connectivity index (χ1n) is 7.52. The fourth-order valence-electron chi connectivity index (χ4n) is 2.63. The molecule has 0 atom stereocenters. The molecule has 0 unspecified atom stereocenters. The summed E-state index contributed by atoms with van der Waals surface area (Å²) in [6.45, 7) is 6.52. The summed E-state index contributed by atoms with van der Waals surface area (Å²) in [4.78, 5) is 13.4. The minimum absolute atomic E-state index is 0.603. The van der Waals surface area contributed by atoms with Gasteiger partial charge in [0.05, 0.1) is 19.4 Å². The van der Waals surface area contributed by atoms with E-state index in [0.29, 0.717) is 11.6 Å². The molecule has 6 nitrogen and oxygen atoms in total. The van der Waals surface area contributed by atoms with Crippen LogP contribution in [0.15, 0.2) is 6.20 Å². The molecule has 0 saturated carbocycles. The van der Waals surface area contributed by atoms with Gasteiger partial charge in [-0.1, -0.05) is 11.6 Å². The molecule has 2 saturated heterocycles. The second-order valence-corrected chi connectivity index (χ2v) is 5.65. The minimum atomic E-state index is 0.603. The number of hydrogen-bond acceptors (Lipinski definition) is 6. The molecular formula is C14H21ClN4O2. The van der Waals surface area contributed by atoms with Crippen LogP contribution in [0.4, 0.5) is 11.8 Å². The molecule has 21 heavy (non-hydrogen) atoms. The molecule has 0 aliphatic carbocycles. The molecule has 2 aliphatic rings. The summed E-state index contributed by atoms with van der Waals surface area (Å²) >= 11 is 6.30. The van der Waals surface area contributed by atoms with Crippen LogP contribution in [0, 0.1) is 0 Å². The van der Waals surface area contributed by atoms with E-state index in [2.05, 4.69) is 14.8 Å². The molecule has 7 heteroatoms. The van der Waals surface area contributed by atoms with Gasteiger partial charge in [-0.25, -0.2) is 4.98 Å². The van der Waals surface area contributed by atoms with Crippen LogP contribution in [-0.2, 0) is 9.47 Å². The van der Waals surface area contributed by atoms with Crippen molar-refractivity contribution in [1.29, 1.82) is 0 Å². The second-order valence-electron chi connectivity index (χ2n) is 5.25. The summed E-state index contributed by atoms with van der Waals surface area (Å²) < 4.78 is 11.0. The molecule has 3 heterocycles. The van der Waals surface area contributed by atoms with Crippen LogP contribution in [0.3, 0.4) is 0 Å². The zero-order valence-electron chi connectivity index (χ0n) is 12.1. The predicted molar refractivity (Wildman–Crippen MR) is 82.3 cm³/mol. The van der Waals surface area contributed by atoms with Crippen molar-refractivity contribution in [2.75, 3.05) is 62.4 Å². The van der Waals surface area contributed by atoms with Crippen molar-refractivity contribution in [1.82, 2.24) is 9.97 Å². The molecule has 116 valence electrons. The van der Waals surface area contributed by atoms with Crippen LogP contribution >= 0.6 is 11.6 Å². The van der Waals surface area contributed by atoms with E-state index >= 15 is 0 Å². The minimum Gasteiger partial charge on any atom is -0.380 e. The van der Waals surface area contributed by atoms with Gasteiger partial charge >= 0.3 is 0 Å². The molecule has 2 fully saturated rings. The Morgan fingerprint density at radius 3 is 2.33 bits per heavy atom. The van der Waals surface area contributed by atoms with Gasteiger partial charge in [0, 0.05) is 39.4 Å². The van der Waals surface area contributed by atoms with Crippen molar-refractivity contribution < 1.29 is 9.47 Å². The fraction of sp³-hybridized carbons (Fsp3) is 0.714. The summed E-state index contributed by atoms with van der Waals surface area (Å²) in [5.74, 6) is 1.56. The Kier molecular flexibility index (Phi) is 5.11. The lowest BCUT2D eigenvalue weighted by Crippen LogP contribution is -2.31. The molecule has 1 aromatic rings. The van der Waals surface area contributed by atoms with Gasteiger partial charge in [-0.05, 0) is 12.8 Å². The highest BCUT2D eigenvalue weighted by Gasteiger charge is 2.19. The summed E-state index contributed by atoms with van der Waals surface area (Å²) in [6.07, 6.45) is 3.70. The number of aromatic nitrogens is 2. The van der Waals surface area contributed by atoms with Gasteiger partial charge in [0.1, 0.15) is 5.02 Å². The maximum atomic E-state index is 6.30. The predicted octanol–water partition coefficient (Wildman–Crippen LogP) is 1.58. The largest absolute Gasteiger partial charge is 0.380 e. The van der Waals surface area contributed by atoms with E-state index in [1.54, 1.807) is 6.20 Å². The Bertz CT molecular complexity index is 458. The van der Waals surface area contributed by atoms with Crippen molar-refractivity contribution in [3.63, 3.8) is 0 Å². The lowest BCUT2D eigenvalue weighted by molar-refractivity contribution is 0.152. The van der Waals surface area contributed by atoms with Crippen molar-refractivity contribution in [3.05, 3.63) is 11.2 Å². The Morgan fingerprint density at radius 2 is 1.57 bits per heavy atom. The van der Waals surface area contributed by atoms with Gasteiger partial charge in [0.15, 0.2) is 5.82 Å². The molecule has 0 radical (unpaired) electrons. The fourth-order valence-corrected chi connectivity index (χ4v) is 2.84. The molecule has 2 aliphatic heterocycles. The monoisotopic (exact) mass is 312 g/mol. The highest BCUT2D eigenvalue weighted by atomic mass is 35.5. The maximum absolute atomic E-state index is 6.30. The Morgan fingerprint density at radius 1 is 0.905 bits per heavy atom. The van der Waals surface area contributed by atoms with Gasteiger partial charge in [0.2, 0.25) is 5.95 Å². The first kappa shape index (κ1) is 14.8. The van der Waals surface area contributed by atoms with Crippen LogP contribution in [0.1, 0.15) is 12.8 Å². The van der Waals surface area contributed by atoms with Crippen molar-refractivity contribution in [2.45, 2.75) is 12.8 Å². The van der Waals surface area contributed by atoms with Crippen LogP contribution < -0.4 is 9.80 Å². The lowest BCUT2D eigenvalue weighted by Gasteiger charge is -2.25. The number of ether oxygens (including phenoxy) is 2. The topological polar surface area (TPSA) is 50.7 Å². The molecule has 0 bridgehead atoms. The van der Waals surface area contributed by atoms with Gasteiger partial charge in [-0.15, -0.1) is 0 Å². The Hall–Kier alpha value is -1.11. The number of hydrogen-bond donors (Lipinski definition) is 0. The van der Waals surface area contributed by atoms with E-state index in [9.17, 15) is 0 Å². The summed E-state index contributed by atoms with van der Waals surface area (Å²) in [7, 11) is 0. The quantitative estimate of drug-likeness (QED) is 0.826. The lowest BCUT2D eigenvalue weighted by atomic mass is 10.4. The van der Waals surface area contributed by atoms with Crippen molar-refractivity contribution in [3.8, 4) is 0 Å². The van der Waals surface area contributed by atoms with E-state index in [1.165, 1.54) is 0 Å². The number of rotatable bonds is 2. The van der Waals surface area contributed by atoms with Gasteiger partial charge in [-0.3, -0.25) is 0 Å². The normalized spacial score (nSPS) is 21.0. The average molecular weight is 313 g/mol. The summed E-state index contributed by atoms with van der Waals surface area (Å²) in [5, 5.41) is 0.603. The maximum Gasteiger partial charge on any atom is 0.227 e. The van der Waals surface area contributed by atoms with E-state index in [0.717, 1.165) is 70.6 Å². The van der Waals surface area contributed by atoms with E-state index in [4.69, 9.17) is 26.1 Å². The highest BCUT2D eigenvalue weighted by molar-refractivity contribution is 6.32. The van der Waals surface area contributed by atoms with Crippen LogP contribution in [-0.4, -0.2) is 62.6 Å². The van der Waals surface area contributed by atoms with Crippen LogP contribution in [0.2, 0.25) is 5.02 Å². The molecule has 0 aromatic carbocycles. The zero-order chi connectivity index (χ0) is 14.5. The second kappa shape index (κ2) is 7.24. The third kappa shape index (κ3) is 3.75. The average Bonchev–Trinajstić information content (AvgIpc) is 2.92. The molecule has 0 N–H and O–H groups in total. The summed E-state index contributed by atoms with van der Waals surface area (Å²) in [6, 6.07) is 0. The van der Waals surface area contributed by atoms with Crippen LogP contribution in [0.5, 0.6) is 0 Å². The third-order valence-corrected chi connectivity index (χ3v) is 4.01. The summed E-state index contributed by atoms with van der Waals surface area (Å²) in [5.41, 5.74) is 0. The number of anilines is 2. The SMILES string of the molecule is Clc1cnc(N2CCCOCC2)nc1N1CCCOCC1. The van der Waals surface area contributed by atoms with Gasteiger partial charge in [-0.2, -0.15) is 4.98 Å². The van der Waals surface area contributed by atoms with Crippen LogP contribution in [0.25, 0.3) is 0 Å². The first-order valence-corrected chi connectivity index (χ1v) is 7.90. The number of nitrogens with zero attached hydrogens (tertiary/aromatic N) is 4. The number of halogens is 1. The van der Waals surface area contributed by atoms with Gasteiger partial charge < -0.3 is 19.3 Å². The van der Waals surface area contributed by atoms with Crippen molar-refractivity contribution >= 4 is 23.4 Å². The third-order valence-electron chi connectivity index (χ3n) is 3.74. The highest BCUT2D eigenvalue weighted by Crippen LogP contribution is 2.26. The molecule has 0 spiro atoms. The Labute approximate surface area is 130 Å². The van der Waals surface area contributed by atoms with E-state index < -0.39 is 0 Å². The molecular weight excluding hydrogens is 292 g/mol. The van der Waals surface area contributed by atoms with Crippen molar-refractivity contribution in [2.24, 2.45) is 0 Å². The Balaban J connectivity index is 1.81. The standard InChI is InChI=1S/C14H21ClN4O2/c15-12-11-16-14(19-4-2-8-21-10-6-19)17-13(12)18-3-1-7-20-9-5-18/h11H,1-10H2.